The molecule has 0 amide bonds. The molecule has 0 fully saturated rings. The van der Waals surface area contributed by atoms with Gasteiger partial charge in [-0.05, 0) is 12.2 Å². The second-order valence-corrected chi connectivity index (χ2v) is 3.89. The van der Waals surface area contributed by atoms with Crippen LogP contribution >= 0.6 is 0 Å². The van der Waals surface area contributed by atoms with Crippen molar-refractivity contribution in [2.75, 3.05) is 27.2 Å². The monoisotopic (exact) mass is 534 g/mol. The maximum absolute atomic E-state index is 9.75. The largest absolute Gasteiger partial charge is 0 e. The number of likely N-dealkylation sites (N-methyl/N-ethyl adjacent to an activating group) is 2. The van der Waals surface area contributed by atoms with Crippen molar-refractivity contribution in [3.63, 3.8) is 0 Å². The van der Waals surface area contributed by atoms with Gasteiger partial charge in [0.2, 0.25) is 0 Å². The first kappa shape index (κ1) is 31.1. The van der Waals surface area contributed by atoms with E-state index in [4.69, 9.17) is 14.0 Å². The zero-order chi connectivity index (χ0) is 19.8. The fourth-order valence-electron chi connectivity index (χ4n) is 1.52. The fraction of sp³-hybridized carbons (Fsp3) is 0.308. The number of guanidine groups is 1. The molecule has 1 radical (unpaired) electrons. The number of halogens is 4. The van der Waals surface area contributed by atoms with E-state index in [1.807, 2.05) is 24.3 Å². The molecule has 0 saturated carbocycles. The van der Waals surface area contributed by atoms with Gasteiger partial charge in [-0.15, -0.1) is 0 Å². The number of nitrogens with zero attached hydrogens (tertiary/aromatic N) is 3. The Bertz CT molecular complexity index is 521. The summed E-state index contributed by atoms with van der Waals surface area (Å²) in [4.78, 5) is 6.72. The van der Waals surface area contributed by atoms with E-state index in [9.17, 15) is 17.3 Å². The van der Waals surface area contributed by atoms with Crippen LogP contribution in [0.4, 0.5) is 17.3 Å². The van der Waals surface area contributed by atoms with Gasteiger partial charge in [-0.25, -0.2) is 0 Å². The summed E-state index contributed by atoms with van der Waals surface area (Å²) in [5, 5.41) is 0. The van der Waals surface area contributed by atoms with Gasteiger partial charge in [0.15, 0.2) is 0 Å². The molecule has 2 aliphatic rings. The molecule has 2 rings (SSSR count). The molecule has 0 N–H and O–H groups in total. The first-order valence-electron chi connectivity index (χ1n) is 5.98. The van der Waals surface area contributed by atoms with E-state index in [0.29, 0.717) is 0 Å². The Morgan fingerprint density at radius 3 is 1.68 bits per heavy atom. The van der Waals surface area contributed by atoms with Crippen molar-refractivity contribution in [3.8, 4) is 0 Å². The quantitative estimate of drug-likeness (QED) is 0.154. The van der Waals surface area contributed by atoms with Gasteiger partial charge in [-0.2, -0.15) is 0 Å². The van der Waals surface area contributed by atoms with E-state index in [0.717, 1.165) is 24.8 Å². The summed E-state index contributed by atoms with van der Waals surface area (Å²) >= 11 is 0. The van der Waals surface area contributed by atoms with Gasteiger partial charge in [-0.3, -0.25) is 9.48 Å². The Morgan fingerprint density at radius 2 is 1.40 bits per heavy atom. The molecule has 0 spiro atoms. The molecule has 0 aromatic rings. The summed E-state index contributed by atoms with van der Waals surface area (Å²) in [5.74, 6) is 1.06. The molecule has 25 heavy (non-hydrogen) atoms. The Kier molecular flexibility index (Phi) is 23.2. The Hall–Kier alpha value is -1.71. The van der Waals surface area contributed by atoms with Crippen LogP contribution in [0.5, 0.6) is 0 Å². The molecular formula is C13H14BF4N3O3Re. The summed E-state index contributed by atoms with van der Waals surface area (Å²) in [7, 11) is -1.85. The fourth-order valence-corrected chi connectivity index (χ4v) is 1.52. The standard InChI is InChI=1S/C10H14N3.3CO.BF4.Re/c1-12-7-8-13(2)10(12)11-9-5-3-4-6-9;3*1-2;2-1(3,4)5;/h3-6H,7-8H2,1-2H3;;;;;/q+1;;;;-1;. The average Bonchev–Trinajstić information content (AvgIpc) is 3.17. The van der Waals surface area contributed by atoms with Gasteiger partial charge in [-0.1, -0.05) is 17.1 Å². The first-order valence-corrected chi connectivity index (χ1v) is 5.98. The molecular weight excluding hydrogens is 519 g/mol. The minimum Gasteiger partial charge on any atom is 0 e. The number of hydrogen-bond donors (Lipinski definition) is 0. The van der Waals surface area contributed by atoms with Crippen LogP contribution in [0.1, 0.15) is 0 Å². The summed E-state index contributed by atoms with van der Waals surface area (Å²) in [6, 6.07) is 0. The maximum atomic E-state index is 9.75. The van der Waals surface area contributed by atoms with Crippen molar-refractivity contribution in [2.45, 2.75) is 0 Å². The van der Waals surface area contributed by atoms with E-state index < -0.39 is 7.25 Å². The second kappa shape index (κ2) is 18.6. The van der Waals surface area contributed by atoms with Gasteiger partial charge in [0, 0.05) is 20.4 Å². The van der Waals surface area contributed by atoms with E-state index in [1.54, 1.807) is 0 Å². The number of rotatable bonds is 0. The van der Waals surface area contributed by atoms with Crippen LogP contribution in [0, 0.1) is 20.0 Å². The predicted molar refractivity (Wildman–Crippen MR) is 76.4 cm³/mol. The van der Waals surface area contributed by atoms with Crippen molar-refractivity contribution >= 4 is 18.9 Å². The van der Waals surface area contributed by atoms with Crippen LogP contribution < -0.4 is 0 Å². The molecule has 12 heteroatoms. The van der Waals surface area contributed by atoms with Crippen LogP contribution in [0.15, 0.2) is 29.3 Å². The van der Waals surface area contributed by atoms with Crippen LogP contribution in [0.3, 0.4) is 0 Å². The van der Waals surface area contributed by atoms with Gasteiger partial charge in [0.25, 0.3) is 0 Å². The minimum atomic E-state index is -6.00. The summed E-state index contributed by atoms with van der Waals surface area (Å²) < 4.78 is 63.7. The van der Waals surface area contributed by atoms with Gasteiger partial charge in [0.05, 0.1) is 27.2 Å². The van der Waals surface area contributed by atoms with Crippen LogP contribution in [0.2, 0.25) is 0 Å². The summed E-state index contributed by atoms with van der Waals surface area (Å²) in [5.41, 5.74) is 1.04. The van der Waals surface area contributed by atoms with Crippen molar-refractivity contribution in [1.82, 2.24) is 4.90 Å². The molecule has 137 valence electrons. The molecule has 6 nitrogen and oxygen atoms in total. The Labute approximate surface area is 156 Å². The van der Waals surface area contributed by atoms with Crippen LogP contribution in [-0.2, 0) is 34.4 Å². The van der Waals surface area contributed by atoms with Crippen molar-refractivity contribution in [1.29, 1.82) is 0 Å². The normalized spacial score (nSPS) is 13.4. The number of hydrogen-bond acceptors (Lipinski definition) is 2. The third-order valence-electron chi connectivity index (χ3n) is 2.33. The maximum Gasteiger partial charge on any atom is 0 e. The van der Waals surface area contributed by atoms with Gasteiger partial charge >= 0.3 is 47.1 Å². The molecule has 0 aromatic heterocycles. The molecule has 0 saturated heterocycles. The molecule has 1 heterocycles. The summed E-state index contributed by atoms with van der Waals surface area (Å²) in [6.07, 6.45) is 8.06. The first-order chi connectivity index (χ1) is 11.3. The van der Waals surface area contributed by atoms with E-state index >= 15 is 0 Å². The van der Waals surface area contributed by atoms with E-state index in [2.05, 4.69) is 48.5 Å². The van der Waals surface area contributed by atoms with E-state index in [-0.39, 0.29) is 20.4 Å². The predicted octanol–water partition coefficient (Wildman–Crippen LogP) is 1.68. The van der Waals surface area contributed by atoms with Crippen molar-refractivity contribution in [3.05, 3.63) is 44.3 Å². The number of allylic oxidation sites excluding steroid dienone is 4. The van der Waals surface area contributed by atoms with Gasteiger partial charge in [0.1, 0.15) is 5.71 Å². The van der Waals surface area contributed by atoms with Crippen LogP contribution in [-0.4, -0.2) is 55.6 Å². The van der Waals surface area contributed by atoms with Gasteiger partial charge < -0.3 is 17.3 Å². The average molecular weight is 533 g/mol. The van der Waals surface area contributed by atoms with Crippen molar-refractivity contribution < 1.29 is 56.2 Å². The second-order valence-electron chi connectivity index (χ2n) is 3.89. The third kappa shape index (κ3) is 18.5. The zero-order valence-corrected chi connectivity index (χ0v) is 16.0. The molecule has 0 bridgehead atoms. The molecule has 1 aliphatic heterocycles. The number of aliphatic imine (C=N–C) groups is 1. The van der Waals surface area contributed by atoms with E-state index in [1.165, 1.54) is 0 Å². The van der Waals surface area contributed by atoms with Crippen molar-refractivity contribution in [2.24, 2.45) is 4.99 Å². The van der Waals surface area contributed by atoms with Crippen LogP contribution in [0.25, 0.3) is 0 Å². The molecule has 1 aliphatic carbocycles. The SMILES string of the molecule is CN1CC[N+](C)=C1N=C1C=CC=C1.F[B-](F)(F)F.[C-]#[O+].[C-]#[O+].[C-]#[O+].[Re]. The third-order valence-corrected chi connectivity index (χ3v) is 2.33. The Morgan fingerprint density at radius 1 is 1.04 bits per heavy atom. The topological polar surface area (TPSA) is 78.3 Å². The molecule has 0 atom stereocenters. The molecule has 0 aromatic carbocycles. The smallest absolute Gasteiger partial charge is 0 e. The summed E-state index contributed by atoms with van der Waals surface area (Å²) in [6.45, 7) is 15.6. The minimum absolute atomic E-state index is 0. The zero-order valence-electron chi connectivity index (χ0n) is 13.3. The molecule has 0 unspecified atom stereocenters. The Balaban J connectivity index is -0.000000157.